The van der Waals surface area contributed by atoms with Gasteiger partial charge in [-0.3, -0.25) is 0 Å². The molecule has 1 fully saturated rings. The van der Waals surface area contributed by atoms with Gasteiger partial charge in [-0.1, -0.05) is 24.4 Å². The minimum atomic E-state index is 0.361. The summed E-state index contributed by atoms with van der Waals surface area (Å²) >= 11 is 5.83. The normalized spacial score (nSPS) is 16.6. The van der Waals surface area contributed by atoms with E-state index in [-0.39, 0.29) is 0 Å². The van der Waals surface area contributed by atoms with Crippen molar-refractivity contribution in [3.8, 4) is 6.07 Å². The monoisotopic (exact) mass is 235 g/mol. The summed E-state index contributed by atoms with van der Waals surface area (Å²) in [5.41, 5.74) is 0.543. The van der Waals surface area contributed by atoms with Gasteiger partial charge in [-0.15, -0.1) is 0 Å². The van der Waals surface area contributed by atoms with E-state index in [9.17, 15) is 0 Å². The highest BCUT2D eigenvalue weighted by Gasteiger charge is 2.23. The maximum Gasteiger partial charge on any atom is 0.132 e. The molecule has 0 saturated heterocycles. The van der Waals surface area contributed by atoms with Crippen LogP contribution in [0.4, 0.5) is 5.82 Å². The Hall–Kier alpha value is -1.27. The third-order valence-electron chi connectivity index (χ3n) is 2.70. The molecule has 1 unspecified atom stereocenters. The van der Waals surface area contributed by atoms with Gasteiger partial charge in [0.15, 0.2) is 0 Å². The van der Waals surface area contributed by atoms with Gasteiger partial charge < -0.3 is 5.32 Å². The molecule has 1 aromatic heterocycles. The van der Waals surface area contributed by atoms with Crippen molar-refractivity contribution < 1.29 is 0 Å². The Morgan fingerprint density at radius 3 is 3.00 bits per heavy atom. The van der Waals surface area contributed by atoms with Crippen molar-refractivity contribution in [1.82, 2.24) is 4.98 Å². The first-order valence-electron chi connectivity index (χ1n) is 5.51. The summed E-state index contributed by atoms with van der Waals surface area (Å²) in [6.07, 6.45) is 3.85. The second-order valence-electron chi connectivity index (χ2n) is 4.40. The standard InChI is InChI=1S/C12H14ClN3/c1-8(4-9-2-3-9)15-12-6-10(7-14)5-11(13)16-12/h5-6,8-9H,2-4H2,1H3,(H,15,16). The van der Waals surface area contributed by atoms with E-state index in [1.54, 1.807) is 12.1 Å². The molecule has 3 nitrogen and oxygen atoms in total. The SMILES string of the molecule is CC(CC1CC1)Nc1cc(C#N)cc(Cl)n1. The minimum Gasteiger partial charge on any atom is -0.368 e. The lowest BCUT2D eigenvalue weighted by atomic mass is 10.1. The number of halogens is 1. The van der Waals surface area contributed by atoms with E-state index in [0.717, 1.165) is 12.3 Å². The number of hydrogen-bond donors (Lipinski definition) is 1. The van der Waals surface area contributed by atoms with Crippen LogP contribution in [0.5, 0.6) is 0 Å². The zero-order chi connectivity index (χ0) is 11.5. The molecule has 1 N–H and O–H groups in total. The van der Waals surface area contributed by atoms with E-state index >= 15 is 0 Å². The molecule has 0 bridgehead atoms. The third-order valence-corrected chi connectivity index (χ3v) is 2.89. The number of hydrogen-bond acceptors (Lipinski definition) is 3. The van der Waals surface area contributed by atoms with Crippen molar-refractivity contribution in [3.05, 3.63) is 22.8 Å². The molecule has 0 aliphatic heterocycles. The Labute approximate surface area is 100 Å². The van der Waals surface area contributed by atoms with Gasteiger partial charge in [0, 0.05) is 6.04 Å². The third kappa shape index (κ3) is 3.11. The lowest BCUT2D eigenvalue weighted by Crippen LogP contribution is -2.16. The molecule has 1 heterocycles. The number of aromatic nitrogens is 1. The zero-order valence-corrected chi connectivity index (χ0v) is 9.96. The van der Waals surface area contributed by atoms with Crippen LogP contribution in [0.25, 0.3) is 0 Å². The van der Waals surface area contributed by atoms with Gasteiger partial charge in [0.05, 0.1) is 11.6 Å². The van der Waals surface area contributed by atoms with Crippen molar-refractivity contribution in [1.29, 1.82) is 5.26 Å². The van der Waals surface area contributed by atoms with Crippen LogP contribution < -0.4 is 5.32 Å². The fraction of sp³-hybridized carbons (Fsp3) is 0.500. The summed E-state index contributed by atoms with van der Waals surface area (Å²) in [5, 5.41) is 12.5. The van der Waals surface area contributed by atoms with Crippen LogP contribution in [-0.2, 0) is 0 Å². The Kier molecular flexibility index (Phi) is 3.31. The molecule has 1 aliphatic carbocycles. The Balaban J connectivity index is 2.02. The van der Waals surface area contributed by atoms with Crippen molar-refractivity contribution in [2.24, 2.45) is 5.92 Å². The Morgan fingerprint density at radius 1 is 1.62 bits per heavy atom. The van der Waals surface area contributed by atoms with Gasteiger partial charge in [-0.2, -0.15) is 5.26 Å². The molecule has 0 radical (unpaired) electrons. The van der Waals surface area contributed by atoms with Crippen molar-refractivity contribution in [2.75, 3.05) is 5.32 Å². The quantitative estimate of drug-likeness (QED) is 0.816. The first-order chi connectivity index (χ1) is 7.67. The van der Waals surface area contributed by atoms with Crippen molar-refractivity contribution in [2.45, 2.75) is 32.2 Å². The van der Waals surface area contributed by atoms with Crippen LogP contribution in [0.1, 0.15) is 31.7 Å². The lowest BCUT2D eigenvalue weighted by molar-refractivity contribution is 0.640. The molecule has 1 aromatic rings. The van der Waals surface area contributed by atoms with Gasteiger partial charge in [0.25, 0.3) is 0 Å². The van der Waals surface area contributed by atoms with E-state index in [4.69, 9.17) is 16.9 Å². The molecule has 4 heteroatoms. The Bertz CT molecular complexity index is 421. The van der Waals surface area contributed by atoms with Gasteiger partial charge >= 0.3 is 0 Å². The molecule has 2 rings (SSSR count). The summed E-state index contributed by atoms with van der Waals surface area (Å²) in [4.78, 5) is 4.15. The number of rotatable bonds is 4. The number of pyridine rings is 1. The summed E-state index contributed by atoms with van der Waals surface area (Å²) in [7, 11) is 0. The lowest BCUT2D eigenvalue weighted by Gasteiger charge is -2.14. The molecule has 1 atom stereocenters. The predicted octanol–water partition coefficient (Wildman–Crippen LogP) is 3.21. The van der Waals surface area contributed by atoms with E-state index in [0.29, 0.717) is 22.6 Å². The van der Waals surface area contributed by atoms with E-state index in [2.05, 4.69) is 23.3 Å². The number of anilines is 1. The van der Waals surface area contributed by atoms with Gasteiger partial charge in [0.1, 0.15) is 11.0 Å². The number of nitriles is 1. The molecule has 0 spiro atoms. The maximum atomic E-state index is 8.81. The largest absolute Gasteiger partial charge is 0.368 e. The smallest absolute Gasteiger partial charge is 0.132 e. The molecular weight excluding hydrogens is 222 g/mol. The average molecular weight is 236 g/mol. The molecular formula is C12H14ClN3. The van der Waals surface area contributed by atoms with Crippen LogP contribution in [0.3, 0.4) is 0 Å². The van der Waals surface area contributed by atoms with Gasteiger partial charge in [0.2, 0.25) is 0 Å². The topological polar surface area (TPSA) is 48.7 Å². The average Bonchev–Trinajstić information content (AvgIpc) is 3.00. The summed E-state index contributed by atoms with van der Waals surface area (Å²) in [6, 6.07) is 5.75. The van der Waals surface area contributed by atoms with E-state index in [1.807, 2.05) is 0 Å². The fourth-order valence-corrected chi connectivity index (χ4v) is 2.01. The van der Waals surface area contributed by atoms with Crippen molar-refractivity contribution in [3.63, 3.8) is 0 Å². The summed E-state index contributed by atoms with van der Waals surface area (Å²) in [5.74, 6) is 1.56. The molecule has 16 heavy (non-hydrogen) atoms. The van der Waals surface area contributed by atoms with Crippen molar-refractivity contribution >= 4 is 17.4 Å². The summed E-state index contributed by atoms with van der Waals surface area (Å²) < 4.78 is 0. The fourth-order valence-electron chi connectivity index (χ4n) is 1.80. The highest BCUT2D eigenvalue weighted by Crippen LogP contribution is 2.34. The van der Waals surface area contributed by atoms with Gasteiger partial charge in [-0.05, 0) is 31.4 Å². The van der Waals surface area contributed by atoms with Crippen LogP contribution in [0.15, 0.2) is 12.1 Å². The van der Waals surface area contributed by atoms with Crippen LogP contribution >= 0.6 is 11.6 Å². The number of nitrogens with one attached hydrogen (secondary N) is 1. The predicted molar refractivity (Wildman–Crippen MR) is 64.4 cm³/mol. The molecule has 0 amide bonds. The second-order valence-corrected chi connectivity index (χ2v) is 4.79. The minimum absolute atomic E-state index is 0.361. The highest BCUT2D eigenvalue weighted by molar-refractivity contribution is 6.29. The Morgan fingerprint density at radius 2 is 2.38 bits per heavy atom. The van der Waals surface area contributed by atoms with E-state index < -0.39 is 0 Å². The first kappa shape index (κ1) is 11.2. The first-order valence-corrected chi connectivity index (χ1v) is 5.89. The second kappa shape index (κ2) is 4.71. The van der Waals surface area contributed by atoms with Crippen LogP contribution in [0.2, 0.25) is 5.15 Å². The van der Waals surface area contributed by atoms with Crippen LogP contribution in [0, 0.1) is 17.2 Å². The molecule has 1 aliphatic rings. The molecule has 84 valence electrons. The molecule has 1 saturated carbocycles. The van der Waals surface area contributed by atoms with Gasteiger partial charge in [-0.25, -0.2) is 4.98 Å². The zero-order valence-electron chi connectivity index (χ0n) is 9.20. The van der Waals surface area contributed by atoms with Crippen LogP contribution in [-0.4, -0.2) is 11.0 Å². The maximum absolute atomic E-state index is 8.81. The summed E-state index contributed by atoms with van der Waals surface area (Å²) in [6.45, 7) is 2.13. The number of nitrogens with zero attached hydrogens (tertiary/aromatic N) is 2. The highest BCUT2D eigenvalue weighted by atomic mass is 35.5. The molecule has 0 aromatic carbocycles. The van der Waals surface area contributed by atoms with E-state index in [1.165, 1.54) is 12.8 Å².